The standard InChI is InChI=1S/C17H18BrN3OS/c1-11-12(2)23-17(14(11)8-19)20-16(22)10-21(3)9-13-6-4-5-7-15(13)18/h4-7H,9-10H2,1-3H3,(H,20,22). The topological polar surface area (TPSA) is 56.1 Å². The average molecular weight is 392 g/mol. The summed E-state index contributed by atoms with van der Waals surface area (Å²) in [4.78, 5) is 15.2. The summed E-state index contributed by atoms with van der Waals surface area (Å²) in [7, 11) is 1.90. The van der Waals surface area contributed by atoms with Gasteiger partial charge in [0.2, 0.25) is 5.91 Å². The number of likely N-dealkylation sites (N-methyl/N-ethyl adjacent to an activating group) is 1. The van der Waals surface area contributed by atoms with Gasteiger partial charge in [-0.3, -0.25) is 9.69 Å². The molecular formula is C17H18BrN3OS. The van der Waals surface area contributed by atoms with Crippen molar-refractivity contribution in [3.8, 4) is 6.07 Å². The van der Waals surface area contributed by atoms with Crippen LogP contribution in [-0.4, -0.2) is 24.4 Å². The number of hydrogen-bond acceptors (Lipinski definition) is 4. The number of nitrogens with zero attached hydrogens (tertiary/aromatic N) is 2. The molecule has 0 atom stereocenters. The molecule has 1 amide bonds. The number of carbonyl (C=O) groups is 1. The lowest BCUT2D eigenvalue weighted by molar-refractivity contribution is -0.117. The Morgan fingerprint density at radius 2 is 2.09 bits per heavy atom. The van der Waals surface area contributed by atoms with Crippen LogP contribution in [0.3, 0.4) is 0 Å². The van der Waals surface area contributed by atoms with E-state index in [9.17, 15) is 10.1 Å². The molecule has 1 aromatic heterocycles. The Hall–Kier alpha value is -1.68. The number of halogens is 1. The van der Waals surface area contributed by atoms with Crippen molar-refractivity contribution in [2.24, 2.45) is 0 Å². The molecule has 0 saturated carbocycles. The number of benzene rings is 1. The van der Waals surface area contributed by atoms with Crippen LogP contribution in [0, 0.1) is 25.2 Å². The predicted molar refractivity (Wildman–Crippen MR) is 97.6 cm³/mol. The number of hydrogen-bond donors (Lipinski definition) is 1. The lowest BCUT2D eigenvalue weighted by Crippen LogP contribution is -2.29. The van der Waals surface area contributed by atoms with Gasteiger partial charge >= 0.3 is 0 Å². The van der Waals surface area contributed by atoms with E-state index >= 15 is 0 Å². The largest absolute Gasteiger partial charge is 0.315 e. The van der Waals surface area contributed by atoms with Gasteiger partial charge in [-0.2, -0.15) is 5.26 Å². The maximum absolute atomic E-state index is 12.2. The Labute approximate surface area is 148 Å². The van der Waals surface area contributed by atoms with E-state index in [1.165, 1.54) is 11.3 Å². The second-order valence-electron chi connectivity index (χ2n) is 5.41. The molecule has 2 rings (SSSR count). The van der Waals surface area contributed by atoms with Gasteiger partial charge in [0.25, 0.3) is 0 Å². The van der Waals surface area contributed by atoms with Gasteiger partial charge in [-0.15, -0.1) is 11.3 Å². The van der Waals surface area contributed by atoms with Crippen LogP contribution in [0.2, 0.25) is 0 Å². The highest BCUT2D eigenvalue weighted by Crippen LogP contribution is 2.31. The normalized spacial score (nSPS) is 10.6. The fourth-order valence-electron chi connectivity index (χ4n) is 2.23. The molecule has 0 aliphatic carbocycles. The first kappa shape index (κ1) is 17.7. The summed E-state index contributed by atoms with van der Waals surface area (Å²) < 4.78 is 1.03. The van der Waals surface area contributed by atoms with Gasteiger partial charge in [0.1, 0.15) is 11.1 Å². The van der Waals surface area contributed by atoms with Crippen LogP contribution in [0.4, 0.5) is 5.00 Å². The first-order chi connectivity index (χ1) is 10.9. The van der Waals surface area contributed by atoms with Crippen molar-refractivity contribution < 1.29 is 4.79 Å². The summed E-state index contributed by atoms with van der Waals surface area (Å²) in [5.41, 5.74) is 2.63. The molecule has 1 N–H and O–H groups in total. The number of nitriles is 1. The van der Waals surface area contributed by atoms with Gasteiger partial charge in [-0.05, 0) is 38.1 Å². The van der Waals surface area contributed by atoms with Crippen LogP contribution < -0.4 is 5.32 Å². The number of anilines is 1. The molecule has 0 fully saturated rings. The van der Waals surface area contributed by atoms with Crippen molar-refractivity contribution >= 4 is 38.2 Å². The van der Waals surface area contributed by atoms with Crippen LogP contribution in [0.1, 0.15) is 21.6 Å². The molecule has 0 radical (unpaired) electrons. The first-order valence-electron chi connectivity index (χ1n) is 7.14. The zero-order chi connectivity index (χ0) is 17.0. The van der Waals surface area contributed by atoms with Gasteiger partial charge in [0.15, 0.2) is 0 Å². The maximum atomic E-state index is 12.2. The zero-order valence-corrected chi connectivity index (χ0v) is 15.7. The Morgan fingerprint density at radius 1 is 1.39 bits per heavy atom. The molecule has 1 aromatic carbocycles. The molecule has 0 bridgehead atoms. The third kappa shape index (κ3) is 4.41. The van der Waals surface area contributed by atoms with Gasteiger partial charge in [-0.1, -0.05) is 34.1 Å². The van der Waals surface area contributed by atoms with E-state index in [0.29, 0.717) is 17.1 Å². The van der Waals surface area contributed by atoms with Gasteiger partial charge in [0, 0.05) is 15.9 Å². The van der Waals surface area contributed by atoms with Gasteiger partial charge in [0.05, 0.1) is 12.1 Å². The minimum atomic E-state index is -0.114. The Kier molecular flexibility index (Phi) is 5.94. The predicted octanol–water partition coefficient (Wildman–Crippen LogP) is 4.07. The lowest BCUT2D eigenvalue weighted by Gasteiger charge is -2.17. The molecule has 23 heavy (non-hydrogen) atoms. The Balaban J connectivity index is 1.99. The van der Waals surface area contributed by atoms with Crippen molar-refractivity contribution in [3.63, 3.8) is 0 Å². The van der Waals surface area contributed by atoms with E-state index in [1.54, 1.807) is 0 Å². The van der Waals surface area contributed by atoms with Crippen LogP contribution in [0.5, 0.6) is 0 Å². The molecule has 6 heteroatoms. The minimum Gasteiger partial charge on any atom is -0.315 e. The molecule has 1 heterocycles. The molecule has 0 aliphatic rings. The second-order valence-corrected chi connectivity index (χ2v) is 7.49. The Morgan fingerprint density at radius 3 is 2.74 bits per heavy atom. The highest BCUT2D eigenvalue weighted by molar-refractivity contribution is 9.10. The summed E-state index contributed by atoms with van der Waals surface area (Å²) in [6.07, 6.45) is 0. The van der Waals surface area contributed by atoms with E-state index in [0.717, 1.165) is 20.5 Å². The van der Waals surface area contributed by atoms with E-state index in [-0.39, 0.29) is 12.5 Å². The molecule has 0 spiro atoms. The fraction of sp³-hybridized carbons (Fsp3) is 0.294. The van der Waals surface area contributed by atoms with Gasteiger partial charge in [-0.25, -0.2) is 0 Å². The number of carbonyl (C=O) groups excluding carboxylic acids is 1. The van der Waals surface area contributed by atoms with Crippen LogP contribution in [-0.2, 0) is 11.3 Å². The van der Waals surface area contributed by atoms with Gasteiger partial charge < -0.3 is 5.32 Å². The molecule has 120 valence electrons. The summed E-state index contributed by atoms with van der Waals surface area (Å²) in [6, 6.07) is 10.1. The van der Waals surface area contributed by atoms with E-state index in [1.807, 2.05) is 50.1 Å². The van der Waals surface area contributed by atoms with E-state index < -0.39 is 0 Å². The smallest absolute Gasteiger partial charge is 0.239 e. The Bertz CT molecular complexity index is 764. The summed E-state index contributed by atoms with van der Waals surface area (Å²) in [5, 5.41) is 12.7. The van der Waals surface area contributed by atoms with Crippen LogP contribution >= 0.6 is 27.3 Å². The monoisotopic (exact) mass is 391 g/mol. The van der Waals surface area contributed by atoms with Crippen LogP contribution in [0.15, 0.2) is 28.7 Å². The summed E-state index contributed by atoms with van der Waals surface area (Å²) >= 11 is 4.96. The SMILES string of the molecule is Cc1sc(NC(=O)CN(C)Cc2ccccc2Br)c(C#N)c1C. The minimum absolute atomic E-state index is 0.114. The third-order valence-corrected chi connectivity index (χ3v) is 5.46. The maximum Gasteiger partial charge on any atom is 0.239 e. The first-order valence-corrected chi connectivity index (χ1v) is 8.75. The summed E-state index contributed by atoms with van der Waals surface area (Å²) in [6.45, 7) is 4.79. The van der Waals surface area contributed by atoms with Crippen molar-refractivity contribution in [2.75, 3.05) is 18.9 Å². The highest BCUT2D eigenvalue weighted by atomic mass is 79.9. The zero-order valence-electron chi connectivity index (χ0n) is 13.3. The number of nitrogens with one attached hydrogen (secondary N) is 1. The fourth-order valence-corrected chi connectivity index (χ4v) is 3.67. The molecular weight excluding hydrogens is 374 g/mol. The molecule has 2 aromatic rings. The highest BCUT2D eigenvalue weighted by Gasteiger charge is 2.15. The molecule has 0 aliphatic heterocycles. The molecule has 4 nitrogen and oxygen atoms in total. The quantitative estimate of drug-likeness (QED) is 0.835. The summed E-state index contributed by atoms with van der Waals surface area (Å²) in [5.74, 6) is -0.114. The van der Waals surface area contributed by atoms with Crippen molar-refractivity contribution in [2.45, 2.75) is 20.4 Å². The molecule has 0 unspecified atom stereocenters. The second kappa shape index (κ2) is 7.73. The number of aryl methyl sites for hydroxylation is 1. The lowest BCUT2D eigenvalue weighted by atomic mass is 10.2. The van der Waals surface area contributed by atoms with Crippen molar-refractivity contribution in [1.82, 2.24) is 4.90 Å². The van der Waals surface area contributed by atoms with Crippen molar-refractivity contribution in [1.29, 1.82) is 5.26 Å². The van der Waals surface area contributed by atoms with Crippen LogP contribution in [0.25, 0.3) is 0 Å². The number of thiophene rings is 1. The van der Waals surface area contributed by atoms with Crippen molar-refractivity contribution in [3.05, 3.63) is 50.3 Å². The molecule has 0 saturated heterocycles. The average Bonchev–Trinajstić information content (AvgIpc) is 2.75. The third-order valence-electron chi connectivity index (χ3n) is 3.56. The van der Waals surface area contributed by atoms with E-state index in [4.69, 9.17) is 0 Å². The number of rotatable bonds is 5. The van der Waals surface area contributed by atoms with E-state index in [2.05, 4.69) is 27.3 Å². The number of amides is 1.